The molecule has 0 radical (unpaired) electrons. The fourth-order valence-electron chi connectivity index (χ4n) is 3.12. The molecule has 2 aromatic carbocycles. The summed E-state index contributed by atoms with van der Waals surface area (Å²) in [6.45, 7) is 4.44. The van der Waals surface area contributed by atoms with E-state index in [-0.39, 0.29) is 23.7 Å². The van der Waals surface area contributed by atoms with Crippen LogP contribution in [-0.2, 0) is 16.1 Å². The number of methoxy groups -OCH3 is 1. The van der Waals surface area contributed by atoms with Crippen molar-refractivity contribution in [2.24, 2.45) is 11.8 Å². The van der Waals surface area contributed by atoms with Gasteiger partial charge < -0.3 is 15.4 Å². The second-order valence-electron chi connectivity index (χ2n) is 6.88. The Labute approximate surface area is 153 Å². The Morgan fingerprint density at radius 1 is 1.00 bits per heavy atom. The van der Waals surface area contributed by atoms with Crippen LogP contribution in [0.1, 0.15) is 23.1 Å². The molecule has 3 rings (SSSR count). The number of ether oxygens (including phenoxy) is 1. The number of hydrogen-bond acceptors (Lipinski definition) is 3. The molecule has 1 aliphatic carbocycles. The lowest BCUT2D eigenvalue weighted by Gasteiger charge is -2.08. The Morgan fingerprint density at radius 2 is 1.62 bits per heavy atom. The van der Waals surface area contributed by atoms with Crippen molar-refractivity contribution in [3.63, 3.8) is 0 Å². The van der Waals surface area contributed by atoms with Crippen molar-refractivity contribution in [2.45, 2.75) is 26.8 Å². The Balaban J connectivity index is 1.49. The zero-order valence-electron chi connectivity index (χ0n) is 15.3. The number of aryl methyl sites for hydroxylation is 2. The first-order valence-corrected chi connectivity index (χ1v) is 8.76. The van der Waals surface area contributed by atoms with Crippen molar-refractivity contribution in [3.8, 4) is 5.75 Å². The van der Waals surface area contributed by atoms with Gasteiger partial charge in [0.15, 0.2) is 0 Å². The zero-order valence-corrected chi connectivity index (χ0v) is 15.3. The van der Waals surface area contributed by atoms with Crippen LogP contribution in [0.5, 0.6) is 5.75 Å². The third-order valence-corrected chi connectivity index (χ3v) is 4.58. The van der Waals surface area contributed by atoms with E-state index >= 15 is 0 Å². The molecule has 0 spiro atoms. The van der Waals surface area contributed by atoms with Crippen LogP contribution in [-0.4, -0.2) is 18.9 Å². The van der Waals surface area contributed by atoms with Gasteiger partial charge in [-0.25, -0.2) is 0 Å². The molecule has 0 bridgehead atoms. The number of hydrogen-bond donors (Lipinski definition) is 2. The summed E-state index contributed by atoms with van der Waals surface area (Å²) in [6.07, 6.45) is 0.602. The first-order chi connectivity index (χ1) is 12.5. The lowest BCUT2D eigenvalue weighted by Crippen LogP contribution is -2.27. The molecule has 136 valence electrons. The molecule has 5 nitrogen and oxygen atoms in total. The fraction of sp³-hybridized carbons (Fsp3) is 0.333. The minimum absolute atomic E-state index is 0.0682. The van der Waals surface area contributed by atoms with Crippen LogP contribution in [0.15, 0.2) is 42.5 Å². The summed E-state index contributed by atoms with van der Waals surface area (Å²) in [5.74, 6) is 0.150. The quantitative estimate of drug-likeness (QED) is 0.839. The van der Waals surface area contributed by atoms with Gasteiger partial charge in [0.05, 0.1) is 18.9 Å². The molecule has 1 aliphatic rings. The number of carbonyl (C=O) groups is 2. The standard InChI is InChI=1S/C21H24N2O3/c1-13-8-14(2)10-16(9-13)23-21(25)19-11-18(19)20(24)22-12-15-4-6-17(26-3)7-5-15/h4-10,18-19H,11-12H2,1-3H3,(H,22,24)(H,23,25). The molecule has 0 saturated heterocycles. The minimum Gasteiger partial charge on any atom is -0.497 e. The predicted octanol–water partition coefficient (Wildman–Crippen LogP) is 3.20. The van der Waals surface area contributed by atoms with Gasteiger partial charge in [-0.2, -0.15) is 0 Å². The number of benzene rings is 2. The van der Waals surface area contributed by atoms with Crippen LogP contribution in [0.4, 0.5) is 5.69 Å². The molecule has 5 heteroatoms. The summed E-state index contributed by atoms with van der Waals surface area (Å²) in [5, 5.41) is 5.83. The van der Waals surface area contributed by atoms with E-state index in [2.05, 4.69) is 16.7 Å². The van der Waals surface area contributed by atoms with Crippen molar-refractivity contribution in [1.29, 1.82) is 0 Å². The molecule has 1 saturated carbocycles. The Morgan fingerprint density at radius 3 is 2.23 bits per heavy atom. The van der Waals surface area contributed by atoms with Gasteiger partial charge in [0.25, 0.3) is 0 Å². The zero-order chi connectivity index (χ0) is 18.7. The number of carbonyl (C=O) groups excluding carboxylic acids is 2. The number of amides is 2. The van der Waals surface area contributed by atoms with Gasteiger partial charge in [0.1, 0.15) is 5.75 Å². The molecule has 0 aliphatic heterocycles. The molecule has 0 heterocycles. The van der Waals surface area contributed by atoms with Crippen molar-refractivity contribution in [2.75, 3.05) is 12.4 Å². The maximum Gasteiger partial charge on any atom is 0.228 e. The van der Waals surface area contributed by atoms with E-state index < -0.39 is 0 Å². The molecular formula is C21H24N2O3. The molecular weight excluding hydrogens is 328 g/mol. The summed E-state index contributed by atoms with van der Waals surface area (Å²) in [5.41, 5.74) is 3.99. The summed E-state index contributed by atoms with van der Waals surface area (Å²) in [6, 6.07) is 13.5. The summed E-state index contributed by atoms with van der Waals surface area (Å²) < 4.78 is 5.12. The van der Waals surface area contributed by atoms with E-state index in [0.717, 1.165) is 28.1 Å². The first kappa shape index (κ1) is 18.0. The van der Waals surface area contributed by atoms with Crippen molar-refractivity contribution in [3.05, 3.63) is 59.2 Å². The topological polar surface area (TPSA) is 67.4 Å². The van der Waals surface area contributed by atoms with E-state index in [1.54, 1.807) is 7.11 Å². The Hall–Kier alpha value is -2.82. The normalized spacial score (nSPS) is 18.1. The maximum absolute atomic E-state index is 12.4. The molecule has 2 unspecified atom stereocenters. The van der Waals surface area contributed by atoms with Crippen LogP contribution < -0.4 is 15.4 Å². The molecule has 2 aromatic rings. The monoisotopic (exact) mass is 352 g/mol. The van der Waals surface area contributed by atoms with Gasteiger partial charge in [-0.1, -0.05) is 18.2 Å². The summed E-state index contributed by atoms with van der Waals surface area (Å²) in [4.78, 5) is 24.6. The van der Waals surface area contributed by atoms with E-state index in [4.69, 9.17) is 4.74 Å². The van der Waals surface area contributed by atoms with Crippen molar-refractivity contribution < 1.29 is 14.3 Å². The van der Waals surface area contributed by atoms with Gasteiger partial charge >= 0.3 is 0 Å². The molecule has 0 aromatic heterocycles. The SMILES string of the molecule is COc1ccc(CNC(=O)C2CC2C(=O)Nc2cc(C)cc(C)c2)cc1. The van der Waals surface area contributed by atoms with Crippen LogP contribution in [0.2, 0.25) is 0 Å². The van der Waals surface area contributed by atoms with E-state index in [0.29, 0.717) is 13.0 Å². The smallest absolute Gasteiger partial charge is 0.228 e. The van der Waals surface area contributed by atoms with Crippen molar-refractivity contribution >= 4 is 17.5 Å². The Kier molecular flexibility index (Phi) is 5.26. The number of rotatable bonds is 6. The minimum atomic E-state index is -0.244. The average Bonchev–Trinajstić information content (AvgIpc) is 3.40. The largest absolute Gasteiger partial charge is 0.497 e. The number of anilines is 1. The highest BCUT2D eigenvalue weighted by Gasteiger charge is 2.47. The van der Waals surface area contributed by atoms with Gasteiger partial charge in [-0.15, -0.1) is 0 Å². The van der Waals surface area contributed by atoms with Gasteiger partial charge in [0, 0.05) is 12.2 Å². The molecule has 2 atom stereocenters. The highest BCUT2D eigenvalue weighted by atomic mass is 16.5. The second kappa shape index (κ2) is 7.60. The number of nitrogens with one attached hydrogen (secondary N) is 2. The third-order valence-electron chi connectivity index (χ3n) is 4.58. The third kappa shape index (κ3) is 4.42. The summed E-state index contributed by atoms with van der Waals surface area (Å²) >= 11 is 0. The van der Waals surface area contributed by atoms with Crippen LogP contribution in [0.25, 0.3) is 0 Å². The van der Waals surface area contributed by atoms with Crippen molar-refractivity contribution in [1.82, 2.24) is 5.32 Å². The molecule has 1 fully saturated rings. The van der Waals surface area contributed by atoms with Gasteiger partial charge in [0.2, 0.25) is 11.8 Å². The van der Waals surface area contributed by atoms with E-state index in [1.165, 1.54) is 0 Å². The lowest BCUT2D eigenvalue weighted by molar-refractivity contribution is -0.125. The Bertz CT molecular complexity index is 794. The molecule has 26 heavy (non-hydrogen) atoms. The van der Waals surface area contributed by atoms with Crippen LogP contribution in [0.3, 0.4) is 0 Å². The van der Waals surface area contributed by atoms with Crippen LogP contribution >= 0.6 is 0 Å². The highest BCUT2D eigenvalue weighted by molar-refractivity contribution is 5.99. The molecule has 2 amide bonds. The maximum atomic E-state index is 12.4. The lowest BCUT2D eigenvalue weighted by atomic mass is 10.1. The second-order valence-corrected chi connectivity index (χ2v) is 6.88. The van der Waals surface area contributed by atoms with Gasteiger partial charge in [-0.05, 0) is 61.2 Å². The van der Waals surface area contributed by atoms with Crippen LogP contribution in [0, 0.1) is 25.7 Å². The van der Waals surface area contributed by atoms with E-state index in [1.807, 2.05) is 50.2 Å². The fourth-order valence-corrected chi connectivity index (χ4v) is 3.12. The summed E-state index contributed by atoms with van der Waals surface area (Å²) in [7, 11) is 1.62. The predicted molar refractivity (Wildman–Crippen MR) is 101 cm³/mol. The first-order valence-electron chi connectivity index (χ1n) is 8.76. The average molecular weight is 352 g/mol. The molecule has 2 N–H and O–H groups in total. The highest BCUT2D eigenvalue weighted by Crippen LogP contribution is 2.39. The van der Waals surface area contributed by atoms with E-state index in [9.17, 15) is 9.59 Å². The van der Waals surface area contributed by atoms with Gasteiger partial charge in [-0.3, -0.25) is 9.59 Å².